The van der Waals surface area contributed by atoms with Gasteiger partial charge in [-0.3, -0.25) is 19.5 Å². The molecular weight excluding hydrogens is 356 g/mol. The first-order valence-corrected chi connectivity index (χ1v) is 10.9. The maximum absolute atomic E-state index is 12.6. The number of hydrogen-bond acceptors (Lipinski definition) is 4. The molecule has 2 aliphatic heterocycles. The Morgan fingerprint density at radius 1 is 1.04 bits per heavy atom. The van der Waals surface area contributed by atoms with Gasteiger partial charge in [0.05, 0.1) is 6.04 Å². The van der Waals surface area contributed by atoms with Crippen LogP contribution in [0.25, 0.3) is 0 Å². The largest absolute Gasteiger partial charge is 0.356 e. The maximum atomic E-state index is 12.6. The maximum Gasteiger partial charge on any atom is 0.239 e. The van der Waals surface area contributed by atoms with E-state index in [1.807, 2.05) is 11.8 Å². The van der Waals surface area contributed by atoms with E-state index in [-0.39, 0.29) is 17.9 Å². The van der Waals surface area contributed by atoms with Gasteiger partial charge in [-0.2, -0.15) is 0 Å². The van der Waals surface area contributed by atoms with Crippen molar-refractivity contribution in [2.45, 2.75) is 57.5 Å². The predicted octanol–water partition coefficient (Wildman–Crippen LogP) is 0.249. The van der Waals surface area contributed by atoms with Crippen LogP contribution in [0.5, 0.6) is 0 Å². The van der Waals surface area contributed by atoms with E-state index in [4.69, 9.17) is 0 Å². The Hall–Kier alpha value is -1.83. The SMILES string of the molecule is CN=C(NCCCC(=O)NC1CC1)N1CCN(C(C)C(=O)N2CCCC2)CC1. The van der Waals surface area contributed by atoms with Gasteiger partial charge in [-0.1, -0.05) is 0 Å². The van der Waals surface area contributed by atoms with Crippen LogP contribution >= 0.6 is 0 Å². The van der Waals surface area contributed by atoms with Crippen molar-refractivity contribution in [3.63, 3.8) is 0 Å². The van der Waals surface area contributed by atoms with E-state index in [1.54, 1.807) is 7.05 Å². The third kappa shape index (κ3) is 5.83. The van der Waals surface area contributed by atoms with Crippen molar-refractivity contribution in [2.24, 2.45) is 4.99 Å². The average Bonchev–Trinajstić information content (AvgIpc) is 3.35. The Balaban J connectivity index is 1.35. The molecule has 0 aromatic heterocycles. The minimum atomic E-state index is -0.0415. The first-order chi connectivity index (χ1) is 13.6. The van der Waals surface area contributed by atoms with Crippen LogP contribution in [0.3, 0.4) is 0 Å². The zero-order valence-corrected chi connectivity index (χ0v) is 17.5. The van der Waals surface area contributed by atoms with Gasteiger partial charge in [0.15, 0.2) is 5.96 Å². The quantitative estimate of drug-likeness (QED) is 0.369. The highest BCUT2D eigenvalue weighted by atomic mass is 16.2. The van der Waals surface area contributed by atoms with Crippen molar-refractivity contribution in [1.82, 2.24) is 25.3 Å². The first-order valence-electron chi connectivity index (χ1n) is 10.9. The van der Waals surface area contributed by atoms with Gasteiger partial charge in [0.2, 0.25) is 11.8 Å². The molecular formula is C20H36N6O2. The summed E-state index contributed by atoms with van der Waals surface area (Å²) in [6.45, 7) is 8.07. The van der Waals surface area contributed by atoms with Gasteiger partial charge in [-0.25, -0.2) is 0 Å². The molecule has 1 atom stereocenters. The van der Waals surface area contributed by atoms with E-state index in [9.17, 15) is 9.59 Å². The van der Waals surface area contributed by atoms with Gasteiger partial charge in [0, 0.05) is 65.3 Å². The molecule has 0 radical (unpaired) electrons. The fourth-order valence-electron chi connectivity index (χ4n) is 3.99. The molecule has 2 N–H and O–H groups in total. The number of nitrogens with zero attached hydrogens (tertiary/aromatic N) is 4. The van der Waals surface area contributed by atoms with Crippen LogP contribution in [0.2, 0.25) is 0 Å². The van der Waals surface area contributed by atoms with Gasteiger partial charge in [0.1, 0.15) is 0 Å². The first kappa shape index (κ1) is 20.9. The topological polar surface area (TPSA) is 80.3 Å². The van der Waals surface area contributed by atoms with Crippen LogP contribution in [-0.2, 0) is 9.59 Å². The minimum Gasteiger partial charge on any atom is -0.356 e. The molecule has 0 aromatic carbocycles. The van der Waals surface area contributed by atoms with E-state index < -0.39 is 0 Å². The lowest BCUT2D eigenvalue weighted by atomic mass is 10.2. The molecule has 0 bridgehead atoms. The third-order valence-electron chi connectivity index (χ3n) is 5.95. The summed E-state index contributed by atoms with van der Waals surface area (Å²) in [5.74, 6) is 1.32. The van der Waals surface area contributed by atoms with Gasteiger partial charge in [0.25, 0.3) is 0 Å². The van der Waals surface area contributed by atoms with Crippen LogP contribution in [0, 0.1) is 0 Å². The number of aliphatic imine (C=N–C) groups is 1. The van der Waals surface area contributed by atoms with E-state index in [2.05, 4.69) is 25.4 Å². The number of nitrogens with one attached hydrogen (secondary N) is 2. The summed E-state index contributed by atoms with van der Waals surface area (Å²) in [7, 11) is 1.80. The summed E-state index contributed by atoms with van der Waals surface area (Å²) in [6.07, 6.45) is 5.89. The molecule has 1 aliphatic carbocycles. The molecule has 3 fully saturated rings. The van der Waals surface area contributed by atoms with Crippen molar-refractivity contribution in [3.8, 4) is 0 Å². The fourth-order valence-corrected chi connectivity index (χ4v) is 3.99. The van der Waals surface area contributed by atoms with Crippen molar-refractivity contribution >= 4 is 17.8 Å². The van der Waals surface area contributed by atoms with Crippen LogP contribution in [-0.4, -0.2) is 97.4 Å². The van der Waals surface area contributed by atoms with Gasteiger partial charge in [-0.05, 0) is 39.0 Å². The van der Waals surface area contributed by atoms with Gasteiger partial charge < -0.3 is 20.4 Å². The number of guanidine groups is 1. The normalized spacial score (nSPS) is 22.3. The smallest absolute Gasteiger partial charge is 0.239 e. The second kappa shape index (κ2) is 10.1. The van der Waals surface area contributed by atoms with Crippen molar-refractivity contribution < 1.29 is 9.59 Å². The number of hydrogen-bond donors (Lipinski definition) is 2. The molecule has 2 saturated heterocycles. The second-order valence-electron chi connectivity index (χ2n) is 8.15. The molecule has 3 aliphatic rings. The van der Waals surface area contributed by atoms with Crippen molar-refractivity contribution in [3.05, 3.63) is 0 Å². The summed E-state index contributed by atoms with van der Waals surface area (Å²) >= 11 is 0. The average molecular weight is 393 g/mol. The molecule has 2 heterocycles. The van der Waals surface area contributed by atoms with Crippen LogP contribution in [0.15, 0.2) is 4.99 Å². The van der Waals surface area contributed by atoms with E-state index in [0.29, 0.717) is 12.5 Å². The number of carbonyl (C=O) groups is 2. The summed E-state index contributed by atoms with van der Waals surface area (Å²) in [5.41, 5.74) is 0. The molecule has 1 saturated carbocycles. The Morgan fingerprint density at radius 3 is 2.32 bits per heavy atom. The minimum absolute atomic E-state index is 0.0415. The fraction of sp³-hybridized carbons (Fsp3) is 0.850. The molecule has 28 heavy (non-hydrogen) atoms. The zero-order valence-electron chi connectivity index (χ0n) is 17.5. The number of amides is 2. The van der Waals surface area contributed by atoms with E-state index >= 15 is 0 Å². The lowest BCUT2D eigenvalue weighted by molar-refractivity contribution is -0.135. The van der Waals surface area contributed by atoms with Gasteiger partial charge in [-0.15, -0.1) is 0 Å². The lowest BCUT2D eigenvalue weighted by Gasteiger charge is -2.39. The van der Waals surface area contributed by atoms with Crippen LogP contribution in [0.1, 0.15) is 45.4 Å². The number of carbonyl (C=O) groups excluding carboxylic acids is 2. The molecule has 0 spiro atoms. The molecule has 8 heteroatoms. The lowest BCUT2D eigenvalue weighted by Crippen LogP contribution is -2.57. The summed E-state index contributed by atoms with van der Waals surface area (Å²) < 4.78 is 0. The number of likely N-dealkylation sites (tertiary alicyclic amines) is 1. The third-order valence-corrected chi connectivity index (χ3v) is 5.95. The van der Waals surface area contributed by atoms with E-state index in [0.717, 1.165) is 83.9 Å². The molecule has 158 valence electrons. The molecule has 8 nitrogen and oxygen atoms in total. The van der Waals surface area contributed by atoms with Crippen LogP contribution in [0.4, 0.5) is 0 Å². The molecule has 1 unspecified atom stereocenters. The summed E-state index contributed by atoms with van der Waals surface area (Å²) in [5, 5.41) is 6.40. The molecule has 2 amide bonds. The zero-order chi connectivity index (χ0) is 19.9. The highest BCUT2D eigenvalue weighted by Gasteiger charge is 2.30. The number of piperazine rings is 1. The molecule has 3 rings (SSSR count). The Bertz CT molecular complexity index is 563. The van der Waals surface area contributed by atoms with E-state index in [1.165, 1.54) is 0 Å². The predicted molar refractivity (Wildman–Crippen MR) is 110 cm³/mol. The Labute approximate surface area is 168 Å². The highest BCUT2D eigenvalue weighted by Crippen LogP contribution is 2.18. The van der Waals surface area contributed by atoms with Gasteiger partial charge >= 0.3 is 0 Å². The summed E-state index contributed by atoms with van der Waals surface area (Å²) in [6, 6.07) is 0.393. The Morgan fingerprint density at radius 2 is 1.71 bits per heavy atom. The highest BCUT2D eigenvalue weighted by molar-refractivity contribution is 5.82. The number of rotatable bonds is 7. The second-order valence-corrected chi connectivity index (χ2v) is 8.15. The Kier molecular flexibility index (Phi) is 7.53. The summed E-state index contributed by atoms with van der Waals surface area (Å²) in [4.78, 5) is 35.3. The van der Waals surface area contributed by atoms with Crippen molar-refractivity contribution in [2.75, 3.05) is 52.9 Å². The van der Waals surface area contributed by atoms with Crippen LogP contribution < -0.4 is 10.6 Å². The van der Waals surface area contributed by atoms with Crippen molar-refractivity contribution in [1.29, 1.82) is 0 Å². The standard InChI is InChI=1S/C20H36N6O2/c1-16(19(28)25-10-3-4-11-25)24-12-14-26(15-13-24)20(21-2)22-9-5-6-18(27)23-17-7-8-17/h16-17H,3-15H2,1-2H3,(H,21,22)(H,23,27). The molecule has 0 aromatic rings. The monoisotopic (exact) mass is 392 g/mol.